The summed E-state index contributed by atoms with van der Waals surface area (Å²) in [5.41, 5.74) is 16.2. The summed E-state index contributed by atoms with van der Waals surface area (Å²) >= 11 is 0. The van der Waals surface area contributed by atoms with E-state index in [4.69, 9.17) is 15.7 Å². The molecule has 0 amide bonds. The van der Waals surface area contributed by atoms with Crippen LogP contribution in [0.2, 0.25) is 0 Å². The first kappa shape index (κ1) is 23.1. The number of rotatable bonds is 5. The van der Waals surface area contributed by atoms with Crippen molar-refractivity contribution >= 4 is 22.6 Å². The normalized spacial score (nSPS) is 14.2. The van der Waals surface area contributed by atoms with Crippen LogP contribution in [0.4, 0.5) is 5.82 Å². The average Bonchev–Trinajstić information content (AvgIpc) is 3.20. The number of aryl methyl sites for hydroxylation is 2. The number of fused-ring (bicyclic) bond motifs is 1. The molecule has 6 rings (SSSR count). The minimum Gasteiger partial charge on any atom is -0.383 e. The van der Waals surface area contributed by atoms with Crippen LogP contribution in [0.5, 0.6) is 0 Å². The van der Waals surface area contributed by atoms with Gasteiger partial charge in [-0.3, -0.25) is 9.58 Å². The number of anilines is 1. The Morgan fingerprint density at radius 3 is 2.35 bits per heavy atom. The zero-order valence-corrected chi connectivity index (χ0v) is 21.1. The summed E-state index contributed by atoms with van der Waals surface area (Å²) < 4.78 is 1.76. The molecule has 4 heterocycles. The highest BCUT2D eigenvalue weighted by Crippen LogP contribution is 2.32. The van der Waals surface area contributed by atoms with Gasteiger partial charge in [0, 0.05) is 49.6 Å². The summed E-state index contributed by atoms with van der Waals surface area (Å²) in [5.74, 6) is 0.745. The molecule has 7 nitrogen and oxygen atoms in total. The van der Waals surface area contributed by atoms with Gasteiger partial charge in [0.15, 0.2) is 5.65 Å². The Kier molecular flexibility index (Phi) is 5.98. The molecule has 1 aliphatic heterocycles. The lowest BCUT2D eigenvalue weighted by atomic mass is 9.98. The van der Waals surface area contributed by atoms with Crippen LogP contribution in [0.3, 0.4) is 0 Å². The van der Waals surface area contributed by atoms with Gasteiger partial charge in [-0.25, -0.2) is 15.0 Å². The standard InChI is InChI=1S/C30H29N7/c1-20-26(29(31)36(2)35-20)22-14-17-37(18-15-22)19-21-10-12-24(13-11-21)28-27(23-7-4-3-5-8-23)33-25-9-6-16-32-30(25)34-28/h3-14,16H,15,17-19,31H2,1-2H3. The fourth-order valence-corrected chi connectivity index (χ4v) is 5.07. The molecule has 184 valence electrons. The minimum absolute atomic E-state index is 0.654. The number of nitrogen functional groups attached to an aromatic ring is 1. The Labute approximate surface area is 216 Å². The smallest absolute Gasteiger partial charge is 0.178 e. The maximum atomic E-state index is 6.27. The molecule has 1 aliphatic rings. The predicted octanol–water partition coefficient (Wildman–Crippen LogP) is 5.27. The molecule has 0 aliphatic carbocycles. The second-order valence-electron chi connectivity index (χ2n) is 9.51. The van der Waals surface area contributed by atoms with Crippen molar-refractivity contribution in [2.45, 2.75) is 19.9 Å². The summed E-state index contributed by atoms with van der Waals surface area (Å²) in [6.45, 7) is 4.80. The van der Waals surface area contributed by atoms with Crippen LogP contribution in [0.25, 0.3) is 39.3 Å². The number of benzene rings is 2. The molecule has 2 N–H and O–H groups in total. The summed E-state index contributed by atoms with van der Waals surface area (Å²) in [5, 5.41) is 4.47. The topological polar surface area (TPSA) is 85.8 Å². The number of nitrogens with zero attached hydrogens (tertiary/aromatic N) is 6. The third-order valence-electron chi connectivity index (χ3n) is 7.00. The van der Waals surface area contributed by atoms with Crippen molar-refractivity contribution in [2.24, 2.45) is 7.05 Å². The van der Waals surface area contributed by atoms with Gasteiger partial charge < -0.3 is 5.73 Å². The molecule has 7 heteroatoms. The zero-order chi connectivity index (χ0) is 25.4. The van der Waals surface area contributed by atoms with Crippen molar-refractivity contribution in [3.8, 4) is 22.5 Å². The van der Waals surface area contributed by atoms with Crippen molar-refractivity contribution in [3.05, 3.63) is 95.8 Å². The largest absolute Gasteiger partial charge is 0.383 e. The highest BCUT2D eigenvalue weighted by Gasteiger charge is 2.20. The molecule has 5 aromatic rings. The van der Waals surface area contributed by atoms with Crippen molar-refractivity contribution in [2.75, 3.05) is 18.8 Å². The number of hydrogen-bond acceptors (Lipinski definition) is 6. The van der Waals surface area contributed by atoms with Crippen LogP contribution in [-0.4, -0.2) is 42.7 Å². The Morgan fingerprint density at radius 1 is 0.892 bits per heavy atom. The van der Waals surface area contributed by atoms with Gasteiger partial charge >= 0.3 is 0 Å². The van der Waals surface area contributed by atoms with E-state index in [1.165, 1.54) is 11.1 Å². The molecule has 0 saturated heterocycles. The third-order valence-corrected chi connectivity index (χ3v) is 7.00. The molecule has 0 bridgehead atoms. The van der Waals surface area contributed by atoms with E-state index in [-0.39, 0.29) is 0 Å². The maximum absolute atomic E-state index is 6.27. The molecular formula is C30H29N7. The van der Waals surface area contributed by atoms with E-state index in [1.807, 2.05) is 44.3 Å². The first-order valence-corrected chi connectivity index (χ1v) is 12.5. The first-order chi connectivity index (χ1) is 18.1. The van der Waals surface area contributed by atoms with Gasteiger partial charge in [0.05, 0.1) is 17.1 Å². The van der Waals surface area contributed by atoms with E-state index in [2.05, 4.69) is 57.5 Å². The van der Waals surface area contributed by atoms with E-state index in [0.29, 0.717) is 5.65 Å². The van der Waals surface area contributed by atoms with Crippen LogP contribution >= 0.6 is 0 Å². The number of hydrogen-bond donors (Lipinski definition) is 1. The Balaban J connectivity index is 1.24. The van der Waals surface area contributed by atoms with Gasteiger partial charge in [0.2, 0.25) is 0 Å². The van der Waals surface area contributed by atoms with Crippen LogP contribution in [0.15, 0.2) is 79.0 Å². The van der Waals surface area contributed by atoms with E-state index in [0.717, 1.165) is 71.2 Å². The van der Waals surface area contributed by atoms with Gasteiger partial charge in [0.1, 0.15) is 11.3 Å². The molecule has 0 atom stereocenters. The quantitative estimate of drug-likeness (QED) is 0.363. The van der Waals surface area contributed by atoms with Crippen LogP contribution in [0, 0.1) is 6.92 Å². The minimum atomic E-state index is 0.654. The van der Waals surface area contributed by atoms with Crippen molar-refractivity contribution in [1.29, 1.82) is 0 Å². The SMILES string of the molecule is Cc1nn(C)c(N)c1C1=CCN(Cc2ccc(-c3nc4ncccc4nc3-c3ccccc3)cc2)CC1. The van der Waals surface area contributed by atoms with Crippen molar-refractivity contribution in [1.82, 2.24) is 29.6 Å². The Bertz CT molecular complexity index is 1600. The van der Waals surface area contributed by atoms with E-state index < -0.39 is 0 Å². The van der Waals surface area contributed by atoms with E-state index in [9.17, 15) is 0 Å². The Hall–Kier alpha value is -4.36. The van der Waals surface area contributed by atoms with Gasteiger partial charge in [-0.1, -0.05) is 60.7 Å². The zero-order valence-electron chi connectivity index (χ0n) is 21.1. The van der Waals surface area contributed by atoms with Gasteiger partial charge in [-0.15, -0.1) is 0 Å². The summed E-state index contributed by atoms with van der Waals surface area (Å²) in [6.07, 6.45) is 5.02. The summed E-state index contributed by atoms with van der Waals surface area (Å²) in [7, 11) is 1.90. The number of aromatic nitrogens is 5. The van der Waals surface area contributed by atoms with Crippen LogP contribution < -0.4 is 5.73 Å². The Morgan fingerprint density at radius 2 is 1.65 bits per heavy atom. The average molecular weight is 488 g/mol. The lowest BCUT2D eigenvalue weighted by Gasteiger charge is -2.26. The molecule has 0 radical (unpaired) electrons. The molecule has 0 saturated carbocycles. The lowest BCUT2D eigenvalue weighted by molar-refractivity contribution is 0.294. The van der Waals surface area contributed by atoms with E-state index in [1.54, 1.807) is 10.9 Å². The summed E-state index contributed by atoms with van der Waals surface area (Å²) in [4.78, 5) is 16.7. The van der Waals surface area contributed by atoms with Gasteiger partial charge in [-0.2, -0.15) is 5.10 Å². The van der Waals surface area contributed by atoms with Crippen molar-refractivity contribution < 1.29 is 0 Å². The number of nitrogens with two attached hydrogens (primary N) is 1. The fraction of sp³-hybridized carbons (Fsp3) is 0.200. The molecular weight excluding hydrogens is 458 g/mol. The second-order valence-corrected chi connectivity index (χ2v) is 9.51. The molecule has 0 fully saturated rings. The molecule has 37 heavy (non-hydrogen) atoms. The summed E-state index contributed by atoms with van der Waals surface area (Å²) in [6, 6.07) is 22.7. The van der Waals surface area contributed by atoms with E-state index >= 15 is 0 Å². The molecule has 3 aromatic heterocycles. The highest BCUT2D eigenvalue weighted by molar-refractivity contribution is 5.84. The van der Waals surface area contributed by atoms with Gasteiger partial charge in [-0.05, 0) is 36.6 Å². The molecule has 2 aromatic carbocycles. The fourth-order valence-electron chi connectivity index (χ4n) is 5.07. The molecule has 0 spiro atoms. The number of pyridine rings is 1. The van der Waals surface area contributed by atoms with Crippen molar-refractivity contribution in [3.63, 3.8) is 0 Å². The third kappa shape index (κ3) is 4.49. The lowest BCUT2D eigenvalue weighted by Crippen LogP contribution is -2.28. The maximum Gasteiger partial charge on any atom is 0.178 e. The van der Waals surface area contributed by atoms with Crippen LogP contribution in [-0.2, 0) is 13.6 Å². The van der Waals surface area contributed by atoms with Crippen LogP contribution in [0.1, 0.15) is 23.2 Å². The van der Waals surface area contributed by atoms with Gasteiger partial charge in [0.25, 0.3) is 0 Å². The highest BCUT2D eigenvalue weighted by atomic mass is 15.3. The molecule has 0 unspecified atom stereocenters. The predicted molar refractivity (Wildman–Crippen MR) is 148 cm³/mol. The monoisotopic (exact) mass is 487 g/mol. The first-order valence-electron chi connectivity index (χ1n) is 12.5. The second kappa shape index (κ2) is 9.59.